The molecule has 6 atom stereocenters. The molecule has 34 heavy (non-hydrogen) atoms. The number of benzene rings is 1. The van der Waals surface area contributed by atoms with Gasteiger partial charge in [-0.05, 0) is 69.4 Å². The average Bonchev–Trinajstić information content (AvgIpc) is 2.81. The van der Waals surface area contributed by atoms with Gasteiger partial charge in [0, 0.05) is 0 Å². The van der Waals surface area contributed by atoms with Gasteiger partial charge in [-0.2, -0.15) is 0 Å². The molecular formula is C25H36O9. The number of aliphatic hydroxyl groups is 5. The Morgan fingerprint density at radius 3 is 1.97 bits per heavy atom. The Balaban J connectivity index is 2.60. The molecule has 1 aromatic carbocycles. The molecule has 0 radical (unpaired) electrons. The summed E-state index contributed by atoms with van der Waals surface area (Å²) < 4.78 is 16.3. The highest BCUT2D eigenvalue weighted by Gasteiger charge is 2.45. The minimum absolute atomic E-state index is 0.322. The van der Waals surface area contributed by atoms with Gasteiger partial charge in [0.15, 0.2) is 6.10 Å². The van der Waals surface area contributed by atoms with Crippen LogP contribution in [0.2, 0.25) is 0 Å². The molecule has 9 nitrogen and oxygen atoms in total. The summed E-state index contributed by atoms with van der Waals surface area (Å²) in [6, 6.07) is 3.23. The van der Waals surface area contributed by atoms with Gasteiger partial charge in [-0.1, -0.05) is 23.3 Å². The quantitative estimate of drug-likeness (QED) is 0.259. The largest absolute Gasteiger partial charge is 0.467 e. The molecule has 0 aliphatic carbocycles. The van der Waals surface area contributed by atoms with Gasteiger partial charge in [0.25, 0.3) is 0 Å². The molecule has 0 aromatic heterocycles. The predicted molar refractivity (Wildman–Crippen MR) is 124 cm³/mol. The van der Waals surface area contributed by atoms with Gasteiger partial charge < -0.3 is 39.7 Å². The monoisotopic (exact) mass is 480 g/mol. The van der Waals surface area contributed by atoms with Gasteiger partial charge in [0.1, 0.15) is 30.2 Å². The number of ether oxygens (including phenoxy) is 3. The van der Waals surface area contributed by atoms with Crippen molar-refractivity contribution in [3.05, 3.63) is 52.1 Å². The van der Waals surface area contributed by atoms with Gasteiger partial charge in [-0.15, -0.1) is 0 Å². The summed E-state index contributed by atoms with van der Waals surface area (Å²) in [5, 5.41) is 50.7. The summed E-state index contributed by atoms with van der Waals surface area (Å²) in [7, 11) is 1.19. The Labute approximate surface area is 199 Å². The SMILES string of the molecule is COC(=O)C(O)c1cc(CC=C(C)C)c(O[C@@H]2O[C@H](CO)[C@@H](O)[C@H](O)[C@H]2O)c(CC=C(C)C)c1. The molecule has 0 amide bonds. The molecule has 0 saturated carbocycles. The normalized spacial score (nSPS) is 25.3. The Morgan fingerprint density at radius 2 is 1.53 bits per heavy atom. The van der Waals surface area contributed by atoms with Crippen molar-refractivity contribution in [2.45, 2.75) is 77.3 Å². The highest BCUT2D eigenvalue weighted by Crippen LogP contribution is 2.34. The Hall–Kier alpha value is -2.27. The molecule has 5 N–H and O–H groups in total. The molecule has 9 heteroatoms. The van der Waals surface area contributed by atoms with Crippen LogP contribution in [0.4, 0.5) is 0 Å². The van der Waals surface area contributed by atoms with Crippen molar-refractivity contribution in [2.24, 2.45) is 0 Å². The molecule has 2 rings (SSSR count). The lowest BCUT2D eigenvalue weighted by Crippen LogP contribution is -2.60. The topological polar surface area (TPSA) is 146 Å². The Kier molecular flexibility index (Phi) is 10.2. The van der Waals surface area contributed by atoms with E-state index in [4.69, 9.17) is 9.47 Å². The van der Waals surface area contributed by atoms with Crippen LogP contribution in [0.5, 0.6) is 5.75 Å². The summed E-state index contributed by atoms with van der Waals surface area (Å²) in [5.74, 6) is -0.455. The maximum atomic E-state index is 12.0. The van der Waals surface area contributed by atoms with Crippen LogP contribution >= 0.6 is 0 Å². The molecular weight excluding hydrogens is 444 g/mol. The summed E-state index contributed by atoms with van der Waals surface area (Å²) in [6.45, 7) is 7.12. The number of hydrogen-bond donors (Lipinski definition) is 5. The van der Waals surface area contributed by atoms with Crippen LogP contribution in [-0.2, 0) is 27.1 Å². The number of methoxy groups -OCH3 is 1. The molecule has 1 unspecified atom stereocenters. The van der Waals surface area contributed by atoms with Crippen LogP contribution in [-0.4, -0.2) is 75.9 Å². The van der Waals surface area contributed by atoms with Gasteiger partial charge in [0.05, 0.1) is 13.7 Å². The maximum absolute atomic E-state index is 12.0. The van der Waals surface area contributed by atoms with E-state index in [1.807, 2.05) is 39.8 Å². The molecule has 1 fully saturated rings. The fourth-order valence-corrected chi connectivity index (χ4v) is 3.55. The lowest BCUT2D eigenvalue weighted by Gasteiger charge is -2.40. The zero-order valence-electron chi connectivity index (χ0n) is 20.3. The van der Waals surface area contributed by atoms with Crippen LogP contribution in [0.15, 0.2) is 35.4 Å². The van der Waals surface area contributed by atoms with Crippen LogP contribution in [0, 0.1) is 0 Å². The van der Waals surface area contributed by atoms with E-state index < -0.39 is 49.4 Å². The highest BCUT2D eigenvalue weighted by atomic mass is 16.7. The third-order valence-corrected chi connectivity index (χ3v) is 5.55. The lowest BCUT2D eigenvalue weighted by atomic mass is 9.95. The second-order valence-corrected chi connectivity index (χ2v) is 8.88. The smallest absolute Gasteiger partial charge is 0.339 e. The average molecular weight is 481 g/mol. The van der Waals surface area contributed by atoms with Crippen molar-refractivity contribution >= 4 is 5.97 Å². The first kappa shape index (κ1) is 28.0. The maximum Gasteiger partial charge on any atom is 0.339 e. The number of aliphatic hydroxyl groups excluding tert-OH is 5. The summed E-state index contributed by atoms with van der Waals surface area (Å²) in [4.78, 5) is 12.0. The fraction of sp³-hybridized carbons (Fsp3) is 0.560. The van der Waals surface area contributed by atoms with E-state index in [0.717, 1.165) is 11.1 Å². The van der Waals surface area contributed by atoms with E-state index >= 15 is 0 Å². The van der Waals surface area contributed by atoms with E-state index in [1.54, 1.807) is 12.1 Å². The van der Waals surface area contributed by atoms with E-state index in [9.17, 15) is 30.3 Å². The van der Waals surface area contributed by atoms with Crippen molar-refractivity contribution < 1.29 is 44.5 Å². The summed E-state index contributed by atoms with van der Waals surface area (Å²) in [6.07, 6.45) is -4.01. The van der Waals surface area contributed by atoms with Gasteiger partial charge in [0.2, 0.25) is 6.29 Å². The standard InChI is InChI=1S/C25H36O9/c1-13(2)6-8-15-10-17(19(27)24(31)32-5)11-16(9-7-14(3)4)23(15)34-25-22(30)21(29)20(28)18(12-26)33-25/h6-7,10-11,18-22,25-30H,8-9,12H2,1-5H3/t18-,19?,20-,21+,22-,25+/m1/s1. The molecule has 1 aliphatic heterocycles. The zero-order chi connectivity index (χ0) is 25.6. The molecule has 0 spiro atoms. The number of hydrogen-bond acceptors (Lipinski definition) is 9. The molecule has 1 aromatic rings. The number of carbonyl (C=O) groups excluding carboxylic acids is 1. The van der Waals surface area contributed by atoms with Crippen LogP contribution in [0.25, 0.3) is 0 Å². The molecule has 0 bridgehead atoms. The van der Waals surface area contributed by atoms with Crippen LogP contribution in [0.1, 0.15) is 50.5 Å². The van der Waals surface area contributed by atoms with Gasteiger partial charge in [-0.25, -0.2) is 4.79 Å². The zero-order valence-corrected chi connectivity index (χ0v) is 20.3. The van der Waals surface area contributed by atoms with Gasteiger partial charge in [-0.3, -0.25) is 0 Å². The lowest BCUT2D eigenvalue weighted by molar-refractivity contribution is -0.277. The summed E-state index contributed by atoms with van der Waals surface area (Å²) >= 11 is 0. The summed E-state index contributed by atoms with van der Waals surface area (Å²) in [5.41, 5.74) is 3.60. The fourth-order valence-electron chi connectivity index (χ4n) is 3.55. The molecule has 190 valence electrons. The number of carbonyl (C=O) groups is 1. The minimum atomic E-state index is -1.58. The number of allylic oxidation sites excluding steroid dienone is 4. The third kappa shape index (κ3) is 6.88. The first-order valence-corrected chi connectivity index (χ1v) is 11.2. The number of esters is 1. The van der Waals surface area contributed by atoms with E-state index in [0.29, 0.717) is 35.3 Å². The molecule has 1 aliphatic rings. The van der Waals surface area contributed by atoms with E-state index in [1.165, 1.54) is 7.11 Å². The van der Waals surface area contributed by atoms with E-state index in [2.05, 4.69) is 4.74 Å². The second-order valence-electron chi connectivity index (χ2n) is 8.88. The van der Waals surface area contributed by atoms with Crippen molar-refractivity contribution in [3.63, 3.8) is 0 Å². The van der Waals surface area contributed by atoms with Crippen molar-refractivity contribution in [1.82, 2.24) is 0 Å². The Morgan fingerprint density at radius 1 is 1.00 bits per heavy atom. The Bertz CT molecular complexity index is 857. The van der Waals surface area contributed by atoms with Gasteiger partial charge >= 0.3 is 5.97 Å². The van der Waals surface area contributed by atoms with Crippen LogP contribution in [0.3, 0.4) is 0 Å². The predicted octanol–water partition coefficient (Wildman–Crippen LogP) is 1.09. The number of rotatable bonds is 9. The highest BCUT2D eigenvalue weighted by molar-refractivity contribution is 5.76. The van der Waals surface area contributed by atoms with Crippen molar-refractivity contribution in [1.29, 1.82) is 0 Å². The van der Waals surface area contributed by atoms with Crippen LogP contribution < -0.4 is 4.74 Å². The van der Waals surface area contributed by atoms with Crippen molar-refractivity contribution in [2.75, 3.05) is 13.7 Å². The minimum Gasteiger partial charge on any atom is -0.467 e. The molecule has 1 heterocycles. The molecule has 1 saturated heterocycles. The van der Waals surface area contributed by atoms with Crippen molar-refractivity contribution in [3.8, 4) is 5.75 Å². The first-order chi connectivity index (χ1) is 16.0. The third-order valence-electron chi connectivity index (χ3n) is 5.55. The second kappa shape index (κ2) is 12.4. The first-order valence-electron chi connectivity index (χ1n) is 11.2. The van der Waals surface area contributed by atoms with E-state index in [-0.39, 0.29) is 0 Å².